The van der Waals surface area contributed by atoms with Crippen LogP contribution in [0.4, 0.5) is 10.1 Å². The molecule has 0 aliphatic carbocycles. The lowest BCUT2D eigenvalue weighted by Gasteiger charge is -2.13. The van der Waals surface area contributed by atoms with Crippen molar-refractivity contribution in [2.24, 2.45) is 0 Å². The Morgan fingerprint density at radius 2 is 2.06 bits per heavy atom. The van der Waals surface area contributed by atoms with Crippen LogP contribution in [0, 0.1) is 5.82 Å². The number of ether oxygens (including phenoxy) is 2. The van der Waals surface area contributed by atoms with Gasteiger partial charge in [-0.3, -0.25) is 9.59 Å². The number of benzene rings is 2. The van der Waals surface area contributed by atoms with Gasteiger partial charge in [0.15, 0.2) is 0 Å². The zero-order valence-corrected chi connectivity index (χ0v) is 16.8. The number of hydrogen-bond acceptors (Lipinski definition) is 6. The van der Waals surface area contributed by atoms with E-state index >= 15 is 0 Å². The van der Waals surface area contributed by atoms with Gasteiger partial charge in [-0.15, -0.1) is 5.10 Å². The first-order valence-corrected chi connectivity index (χ1v) is 9.47. The smallest absolute Gasteiger partial charge is 0.352 e. The first-order valence-electron chi connectivity index (χ1n) is 9.47. The van der Waals surface area contributed by atoms with Gasteiger partial charge in [0.1, 0.15) is 11.6 Å². The molecule has 1 aliphatic heterocycles. The van der Waals surface area contributed by atoms with Crippen molar-refractivity contribution < 1.29 is 18.7 Å². The Labute approximate surface area is 175 Å². The fraction of sp³-hybridized carbons (Fsp3) is 0.238. The zero-order chi connectivity index (χ0) is 22.1. The van der Waals surface area contributed by atoms with E-state index in [1.165, 1.54) is 26.2 Å². The van der Waals surface area contributed by atoms with Gasteiger partial charge in [0.2, 0.25) is 5.91 Å². The number of halogens is 1. The molecule has 0 spiro atoms. The summed E-state index contributed by atoms with van der Waals surface area (Å²) < 4.78 is 26.5. The van der Waals surface area contributed by atoms with Gasteiger partial charge >= 0.3 is 11.2 Å². The molecule has 0 bridgehead atoms. The maximum atomic E-state index is 14.0. The number of amides is 1. The molecule has 0 radical (unpaired) electrons. The van der Waals surface area contributed by atoms with Crippen molar-refractivity contribution in [2.75, 3.05) is 19.0 Å². The molecule has 3 aromatic rings. The van der Waals surface area contributed by atoms with Crippen LogP contribution in [0.2, 0.25) is 0 Å². The fourth-order valence-electron chi connectivity index (χ4n) is 3.35. The number of nitrogens with zero attached hydrogens (tertiary/aromatic N) is 3. The van der Waals surface area contributed by atoms with Gasteiger partial charge in [-0.05, 0) is 35.4 Å². The molecule has 2 heterocycles. The van der Waals surface area contributed by atoms with E-state index in [0.29, 0.717) is 12.2 Å². The number of fused-ring (bicyclic) bond motifs is 1. The average molecular weight is 426 g/mol. The highest BCUT2D eigenvalue weighted by Crippen LogP contribution is 2.26. The zero-order valence-electron chi connectivity index (χ0n) is 16.8. The van der Waals surface area contributed by atoms with E-state index in [1.54, 1.807) is 6.07 Å². The molecule has 0 saturated carbocycles. The van der Waals surface area contributed by atoms with Crippen LogP contribution in [0.3, 0.4) is 0 Å². The summed E-state index contributed by atoms with van der Waals surface area (Å²) >= 11 is 0. The van der Waals surface area contributed by atoms with Gasteiger partial charge in [0.05, 0.1) is 31.6 Å². The van der Waals surface area contributed by atoms with Crippen LogP contribution >= 0.6 is 0 Å². The summed E-state index contributed by atoms with van der Waals surface area (Å²) in [7, 11) is 1.26. The van der Waals surface area contributed by atoms with Crippen LogP contribution < -0.4 is 26.0 Å². The lowest BCUT2D eigenvalue weighted by Crippen LogP contribution is -2.41. The van der Waals surface area contributed by atoms with E-state index in [4.69, 9.17) is 9.47 Å². The highest BCUT2D eigenvalue weighted by Gasteiger charge is 2.18. The molecule has 1 amide bonds. The van der Waals surface area contributed by atoms with Crippen molar-refractivity contribution in [3.05, 3.63) is 74.2 Å². The van der Waals surface area contributed by atoms with Crippen LogP contribution in [0.5, 0.6) is 11.6 Å². The molecule has 160 valence electrons. The fourth-order valence-corrected chi connectivity index (χ4v) is 3.35. The third kappa shape index (κ3) is 3.91. The van der Waals surface area contributed by atoms with Gasteiger partial charge in [0, 0.05) is 13.3 Å². The molecular formula is C21H19FN4O5. The molecular weight excluding hydrogens is 407 g/mol. The number of rotatable bonds is 5. The van der Waals surface area contributed by atoms with E-state index in [0.717, 1.165) is 33.0 Å². The van der Waals surface area contributed by atoms with Gasteiger partial charge in [-0.2, -0.15) is 4.68 Å². The van der Waals surface area contributed by atoms with Gasteiger partial charge in [-0.25, -0.2) is 13.8 Å². The summed E-state index contributed by atoms with van der Waals surface area (Å²) in [5, 5.41) is 6.31. The largest absolute Gasteiger partial charge is 0.493 e. The molecule has 4 rings (SSSR count). The Kier molecular flexibility index (Phi) is 5.28. The predicted octanol–water partition coefficient (Wildman–Crippen LogP) is 1.48. The molecule has 0 unspecified atom stereocenters. The molecule has 0 atom stereocenters. The summed E-state index contributed by atoms with van der Waals surface area (Å²) in [5.74, 6) is -0.726. The van der Waals surface area contributed by atoms with E-state index in [2.05, 4.69) is 10.4 Å². The number of carbonyl (C=O) groups is 1. The molecule has 9 nitrogen and oxygen atoms in total. The van der Waals surface area contributed by atoms with E-state index in [9.17, 15) is 18.8 Å². The molecule has 1 aromatic heterocycles. The SMILES string of the molecule is COc1nn(-c2ccc(F)c(NC(C)=O)c2)c(=O)n(Cc2ccc3c(c2)OCC3)c1=O. The highest BCUT2D eigenvalue weighted by atomic mass is 19.1. The van der Waals surface area contributed by atoms with Crippen LogP contribution in [-0.2, 0) is 17.8 Å². The Morgan fingerprint density at radius 3 is 2.81 bits per heavy atom. The van der Waals surface area contributed by atoms with E-state index in [1.807, 2.05) is 12.1 Å². The Hall–Kier alpha value is -3.95. The third-order valence-electron chi connectivity index (χ3n) is 4.83. The second kappa shape index (κ2) is 8.05. The van der Waals surface area contributed by atoms with E-state index < -0.39 is 23.0 Å². The maximum Gasteiger partial charge on any atom is 0.352 e. The highest BCUT2D eigenvalue weighted by molar-refractivity contribution is 5.89. The monoisotopic (exact) mass is 426 g/mol. The van der Waals surface area contributed by atoms with Crippen LogP contribution in [-0.4, -0.2) is 34.0 Å². The second-order valence-corrected chi connectivity index (χ2v) is 6.98. The molecule has 1 N–H and O–H groups in total. The summed E-state index contributed by atoms with van der Waals surface area (Å²) in [6, 6.07) is 9.17. The summed E-state index contributed by atoms with van der Waals surface area (Å²) in [6.45, 7) is 1.79. The number of aromatic nitrogens is 3. The second-order valence-electron chi connectivity index (χ2n) is 6.98. The molecule has 0 fully saturated rings. The molecule has 10 heteroatoms. The van der Waals surface area contributed by atoms with Gasteiger partial charge in [-0.1, -0.05) is 12.1 Å². The normalized spacial score (nSPS) is 12.2. The quantitative estimate of drug-likeness (QED) is 0.663. The van der Waals surface area contributed by atoms with Crippen LogP contribution in [0.15, 0.2) is 46.0 Å². The van der Waals surface area contributed by atoms with Crippen molar-refractivity contribution in [1.29, 1.82) is 0 Å². The third-order valence-corrected chi connectivity index (χ3v) is 4.83. The van der Waals surface area contributed by atoms with Crippen molar-refractivity contribution in [1.82, 2.24) is 14.3 Å². The minimum atomic E-state index is -0.743. The van der Waals surface area contributed by atoms with Crippen LogP contribution in [0.1, 0.15) is 18.1 Å². The van der Waals surface area contributed by atoms with Crippen molar-refractivity contribution in [2.45, 2.75) is 19.9 Å². The maximum absolute atomic E-state index is 14.0. The summed E-state index contributed by atoms with van der Waals surface area (Å²) in [5.41, 5.74) is 0.350. The average Bonchev–Trinajstić information content (AvgIpc) is 3.21. The van der Waals surface area contributed by atoms with Crippen molar-refractivity contribution in [3.8, 4) is 17.3 Å². The van der Waals surface area contributed by atoms with Crippen molar-refractivity contribution >= 4 is 11.6 Å². The number of carbonyl (C=O) groups excluding carboxylic acids is 1. The lowest BCUT2D eigenvalue weighted by atomic mass is 10.1. The Bertz CT molecular complexity index is 1300. The Balaban J connectivity index is 1.81. The van der Waals surface area contributed by atoms with Gasteiger partial charge < -0.3 is 14.8 Å². The first kappa shape index (κ1) is 20.3. The molecule has 31 heavy (non-hydrogen) atoms. The number of nitrogens with one attached hydrogen (secondary N) is 1. The van der Waals surface area contributed by atoms with E-state index in [-0.39, 0.29) is 23.8 Å². The summed E-state index contributed by atoms with van der Waals surface area (Å²) in [4.78, 5) is 37.2. The number of hydrogen-bond donors (Lipinski definition) is 1. The lowest BCUT2D eigenvalue weighted by molar-refractivity contribution is -0.114. The first-order chi connectivity index (χ1) is 14.9. The standard InChI is InChI=1S/C21H19FN4O5/c1-12(27)23-17-10-15(5-6-16(17)22)26-21(29)25(20(28)19(24-26)30-2)11-13-3-4-14-7-8-31-18(14)9-13/h3-6,9-10H,7-8,11H2,1-2H3,(H,23,27). The molecule has 2 aromatic carbocycles. The minimum absolute atomic E-state index is 0.0348. The van der Waals surface area contributed by atoms with Gasteiger partial charge in [0.25, 0.3) is 5.88 Å². The minimum Gasteiger partial charge on any atom is -0.493 e. The van der Waals surface area contributed by atoms with Crippen LogP contribution in [0.25, 0.3) is 5.69 Å². The molecule has 1 aliphatic rings. The Morgan fingerprint density at radius 1 is 1.26 bits per heavy atom. The van der Waals surface area contributed by atoms with Crippen molar-refractivity contribution in [3.63, 3.8) is 0 Å². The topological polar surface area (TPSA) is 104 Å². The molecule has 0 saturated heterocycles. The predicted molar refractivity (Wildman–Crippen MR) is 110 cm³/mol. The summed E-state index contributed by atoms with van der Waals surface area (Å²) in [6.07, 6.45) is 0.812. The number of methoxy groups -OCH3 is 1. The number of anilines is 1.